The Morgan fingerprint density at radius 2 is 0.515 bits per heavy atom. The highest BCUT2D eigenvalue weighted by atomic mass is 79.9. The highest BCUT2D eigenvalue weighted by molar-refractivity contribution is 9.10. The number of esters is 7. The van der Waals surface area contributed by atoms with Gasteiger partial charge in [-0.15, -0.1) is 0 Å². The van der Waals surface area contributed by atoms with E-state index in [-0.39, 0.29) is 114 Å². The van der Waals surface area contributed by atoms with Gasteiger partial charge in [0.15, 0.2) is 48.1 Å². The molecule has 0 fully saturated rings. The highest BCUT2D eigenvalue weighted by Crippen LogP contribution is 2.35. The van der Waals surface area contributed by atoms with Crippen molar-refractivity contribution in [3.8, 4) is 0 Å². The van der Waals surface area contributed by atoms with E-state index in [0.717, 1.165) is 38.9 Å². The topological polar surface area (TPSA) is 309 Å². The molecule has 0 radical (unpaired) electrons. The lowest BCUT2D eigenvalue weighted by atomic mass is 10.1. The molecular formula is C95H97BrCl8N14O14. The summed E-state index contributed by atoms with van der Waals surface area (Å²) < 4.78 is 46.6. The van der Waals surface area contributed by atoms with Gasteiger partial charge in [-0.25, -0.2) is 68.4 Å². The molecule has 0 aliphatic heterocycles. The van der Waals surface area contributed by atoms with E-state index in [1.807, 2.05) is 265 Å². The number of hydrogen-bond donors (Lipinski definition) is 0. The van der Waals surface area contributed by atoms with Crippen LogP contribution in [0.4, 0.5) is 0 Å². The SMILES string of the molecule is CCOC(=O)c1c(Cl)nc(Cl)n1[C@H](C)c1ccccc1.CCOC(=O)c1c(Cl)ncn1[C@H](C)c1ccccc1.CCOC(=O)c1cnc(Br)n1[C@H](C)c1ccccc1.CCOC(=O)c1cnc(Cl)n1[C@H](C)c1ccccc1.COC(=O)c1c(Cl)nc(Cl)n1[C@H](C)c1ccccc1.COC(=O)c1c(Cl)ncn1[C@H](C)c1ccccc1.COC(=O)c1cnc(Cl)n1[C@H](C)c1ccccc1. The van der Waals surface area contributed by atoms with Gasteiger partial charge in [0.1, 0.15) is 17.1 Å². The third kappa shape index (κ3) is 27.4. The van der Waals surface area contributed by atoms with Crippen molar-refractivity contribution in [1.82, 2.24) is 66.9 Å². The summed E-state index contributed by atoms with van der Waals surface area (Å²) >= 11 is 51.5. The van der Waals surface area contributed by atoms with E-state index >= 15 is 0 Å². The molecule has 0 aliphatic carbocycles. The van der Waals surface area contributed by atoms with Crippen LogP contribution in [0.15, 0.2) is 248 Å². The minimum Gasteiger partial charge on any atom is -0.464 e. The average Bonchev–Trinajstić information content (AvgIpc) is 1.64. The predicted molar refractivity (Wildman–Crippen MR) is 513 cm³/mol. The lowest BCUT2D eigenvalue weighted by molar-refractivity contribution is 0.0503. The molecule has 7 heterocycles. The van der Waals surface area contributed by atoms with Crippen molar-refractivity contribution in [3.63, 3.8) is 0 Å². The number of benzene rings is 7. The first-order chi connectivity index (χ1) is 63.4. The van der Waals surface area contributed by atoms with Crippen LogP contribution in [-0.4, -0.2) is 156 Å². The fourth-order valence-corrected chi connectivity index (χ4v) is 16.2. The molecule has 132 heavy (non-hydrogen) atoms. The summed E-state index contributed by atoms with van der Waals surface area (Å²) in [6.45, 7) is 22.0. The molecule has 0 spiro atoms. The molecule has 0 aliphatic rings. The van der Waals surface area contributed by atoms with Crippen LogP contribution in [0.25, 0.3) is 0 Å². The van der Waals surface area contributed by atoms with Crippen LogP contribution in [-0.2, 0) is 33.2 Å². The lowest BCUT2D eigenvalue weighted by Gasteiger charge is -2.17. The first-order valence-corrected chi connectivity index (χ1v) is 44.9. The largest absolute Gasteiger partial charge is 0.464 e. The maximum Gasteiger partial charge on any atom is 0.358 e. The Kier molecular flexibility index (Phi) is 41.8. The van der Waals surface area contributed by atoms with Gasteiger partial charge in [-0.1, -0.05) is 259 Å². The summed E-state index contributed by atoms with van der Waals surface area (Å²) in [5.74, 6) is -3.25. The predicted octanol–water partition coefficient (Wildman–Crippen LogP) is 23.5. The third-order valence-electron chi connectivity index (χ3n) is 20.2. The summed E-state index contributed by atoms with van der Waals surface area (Å²) in [5.41, 5.74) is 9.38. The molecule has 7 aromatic heterocycles. The van der Waals surface area contributed by atoms with Crippen LogP contribution in [0.2, 0.25) is 41.7 Å². The van der Waals surface area contributed by atoms with Crippen LogP contribution in [0.1, 0.15) is 231 Å². The molecule has 37 heteroatoms. The number of nitrogens with zero attached hydrogens (tertiary/aromatic N) is 14. The van der Waals surface area contributed by atoms with Gasteiger partial charge in [0.2, 0.25) is 21.1 Å². The number of aromatic nitrogens is 14. The first kappa shape index (κ1) is 105. The van der Waals surface area contributed by atoms with Gasteiger partial charge in [-0.2, -0.15) is 0 Å². The molecule has 0 amide bonds. The summed E-state index contributed by atoms with van der Waals surface area (Å²) in [6.07, 6.45) is 7.51. The molecule has 0 unspecified atom stereocenters. The van der Waals surface area contributed by atoms with E-state index in [0.29, 0.717) is 47.3 Å². The summed E-state index contributed by atoms with van der Waals surface area (Å²) in [6, 6.07) is 67.8. The maximum atomic E-state index is 12.0. The van der Waals surface area contributed by atoms with E-state index in [9.17, 15) is 33.6 Å². The molecule has 7 atom stereocenters. The van der Waals surface area contributed by atoms with Crippen LogP contribution < -0.4 is 0 Å². The number of halogens is 9. The van der Waals surface area contributed by atoms with E-state index in [2.05, 4.69) is 50.8 Å². The molecular weight excluding hydrogens is 1920 g/mol. The molecule has 14 rings (SSSR count). The molecule has 0 bridgehead atoms. The monoisotopic (exact) mass is 2020 g/mol. The first-order valence-electron chi connectivity index (χ1n) is 41.1. The second kappa shape index (κ2) is 52.4. The smallest absolute Gasteiger partial charge is 0.358 e. The lowest BCUT2D eigenvalue weighted by Crippen LogP contribution is -2.16. The van der Waals surface area contributed by atoms with Gasteiger partial charge in [-0.3, -0.25) is 0 Å². The quantitative estimate of drug-likeness (QED) is 0.0379. The van der Waals surface area contributed by atoms with Crippen LogP contribution in [0.5, 0.6) is 0 Å². The van der Waals surface area contributed by atoms with E-state index < -0.39 is 35.8 Å². The van der Waals surface area contributed by atoms with Crippen LogP contribution in [0, 0.1) is 0 Å². The highest BCUT2D eigenvalue weighted by Gasteiger charge is 2.31. The Morgan fingerprint density at radius 3 is 0.818 bits per heavy atom. The van der Waals surface area contributed by atoms with Gasteiger partial charge in [0.05, 0.1) is 121 Å². The molecule has 28 nitrogen and oxygen atoms in total. The normalized spacial score (nSPS) is 12.2. The van der Waals surface area contributed by atoms with Crippen molar-refractivity contribution < 1.29 is 66.7 Å². The Bertz CT molecular complexity index is 5970. The van der Waals surface area contributed by atoms with Crippen LogP contribution in [0.3, 0.4) is 0 Å². The zero-order valence-electron chi connectivity index (χ0n) is 74.3. The number of imidazole rings is 7. The van der Waals surface area contributed by atoms with Gasteiger partial charge in [0, 0.05) is 0 Å². The summed E-state index contributed by atoms with van der Waals surface area (Å²) in [5, 5.41) is 1.28. The third-order valence-corrected chi connectivity index (χ3v) is 23.0. The average molecular weight is 2020 g/mol. The number of methoxy groups -OCH3 is 3. The Balaban J connectivity index is 0.000000190. The molecule has 14 aromatic rings. The second-order valence-electron chi connectivity index (χ2n) is 28.2. The number of rotatable bonds is 25. The van der Waals surface area contributed by atoms with Crippen LogP contribution >= 0.6 is 109 Å². The minimum atomic E-state index is -0.563. The second-order valence-corrected chi connectivity index (χ2v) is 31.7. The van der Waals surface area contributed by atoms with Crippen molar-refractivity contribution in [1.29, 1.82) is 0 Å². The molecule has 694 valence electrons. The van der Waals surface area contributed by atoms with Gasteiger partial charge in [-0.05, 0) is 177 Å². The van der Waals surface area contributed by atoms with E-state index in [1.165, 1.54) is 39.9 Å². The number of carbonyl (C=O) groups is 7. The molecule has 0 saturated carbocycles. The number of carbonyl (C=O) groups excluding carboxylic acids is 7. The molecule has 7 aromatic carbocycles. The Labute approximate surface area is 813 Å². The summed E-state index contributed by atoms with van der Waals surface area (Å²) in [7, 11) is 3.95. The van der Waals surface area contributed by atoms with Crippen molar-refractivity contribution in [2.45, 2.75) is 118 Å². The van der Waals surface area contributed by atoms with E-state index in [1.54, 1.807) is 67.8 Å². The molecule has 0 N–H and O–H groups in total. The van der Waals surface area contributed by atoms with Gasteiger partial charge in [0.25, 0.3) is 0 Å². The van der Waals surface area contributed by atoms with E-state index in [4.69, 9.17) is 126 Å². The van der Waals surface area contributed by atoms with Crippen molar-refractivity contribution >= 4 is 151 Å². The van der Waals surface area contributed by atoms with Gasteiger partial charge < -0.3 is 65.1 Å². The Hall–Kier alpha value is -11.9. The van der Waals surface area contributed by atoms with Crippen molar-refractivity contribution in [2.24, 2.45) is 0 Å². The molecule has 0 saturated heterocycles. The minimum absolute atomic E-state index is 0.00233. The fourth-order valence-electron chi connectivity index (χ4n) is 13.3. The Morgan fingerprint density at radius 1 is 0.280 bits per heavy atom. The maximum absolute atomic E-state index is 12.0. The zero-order valence-corrected chi connectivity index (χ0v) is 82.0. The number of hydrogen-bond acceptors (Lipinski definition) is 21. The number of ether oxygens (including phenoxy) is 7. The standard InChI is InChI=1S/C14H15BrN2O2.C14H14Cl2N2O2.2C14H15ClN2O2.C13H12Cl2N2O2.2C13H13ClN2O2/c1-3-19-13(18)12-9-16-14(15)17(12)10(2)11-7-5-4-6-8-11;1-3-20-13(19)11-12(15)17-14(16)18(11)9(2)10-7-5-4-6-8-10;1-3-19-14(18)12-13(15)16-9-17(12)10(2)11-7-5-4-6-8-11;1-3-19-13(18)12-9-16-14(15)17(12)10(2)11-7-5-4-6-8-11;1-8(9-6-4-3-5-7-9)17-10(12(18)19-2)11(14)16-13(17)15;1-9(10-6-4-3-5-7-10)16-8-15-12(14)11(16)13(17)18-2;1-9(10-6-4-3-5-7-10)16-11(12(17)18-2)8-15-13(16)14/h4-10H,3H2,1-2H3;4-9H,3H2,1-2H3;2*4-10H,3H2,1-2H3;3-8H,1-2H3;2*3-9H,1-2H3/t10-;9-;2*10-;8-;2*9-/m1111111/s1. The zero-order chi connectivity index (χ0) is 96.4. The summed E-state index contributed by atoms with van der Waals surface area (Å²) in [4.78, 5) is 111. The van der Waals surface area contributed by atoms with Crippen molar-refractivity contribution in [2.75, 3.05) is 47.8 Å². The van der Waals surface area contributed by atoms with Gasteiger partial charge >= 0.3 is 41.8 Å². The van der Waals surface area contributed by atoms with Crippen molar-refractivity contribution in [3.05, 3.63) is 369 Å². The fraction of sp³-hybridized carbons (Fsp3) is 0.263.